The third kappa shape index (κ3) is 8.91. The van der Waals surface area contributed by atoms with Gasteiger partial charge in [-0.05, 0) is 124 Å². The summed E-state index contributed by atoms with van der Waals surface area (Å²) in [4.78, 5) is 91.9. The molecule has 1 heterocycles. The number of hydrogen-bond donors (Lipinski definition) is 4. The van der Waals surface area contributed by atoms with Crippen molar-refractivity contribution < 1.29 is 88.0 Å². The molecule has 9 aliphatic rings. The highest BCUT2D eigenvalue weighted by Gasteiger charge is 2.73. The number of aliphatic carboxylic acids is 1. The van der Waals surface area contributed by atoms with Gasteiger partial charge in [0, 0.05) is 34.5 Å². The Bertz CT molecular complexity index is 2270. The number of carboxylic acid groups (broad SMARTS) is 1. The molecular weight excluding hydrogens is 919 g/mol. The molecule has 8 aliphatic carbocycles. The molecule has 70 heavy (non-hydrogen) atoms. The molecule has 0 radical (unpaired) electrons. The van der Waals surface area contributed by atoms with Crippen molar-refractivity contribution in [3.63, 3.8) is 0 Å². The van der Waals surface area contributed by atoms with Gasteiger partial charge in [0.1, 0.15) is 13.2 Å². The zero-order valence-corrected chi connectivity index (χ0v) is 40.8. The molecule has 0 bridgehead atoms. The first-order valence-corrected chi connectivity index (χ1v) is 24.1. The maximum atomic E-state index is 17.1. The zero-order valence-electron chi connectivity index (χ0n) is 40.8. The molecule has 1 saturated heterocycles. The molecule has 16 nitrogen and oxygen atoms in total. The van der Waals surface area contributed by atoms with E-state index in [0.29, 0.717) is 37.7 Å². The van der Waals surface area contributed by atoms with Crippen LogP contribution < -0.4 is 0 Å². The monoisotopic (exact) mass is 988 g/mol. The second-order valence-corrected chi connectivity index (χ2v) is 22.1. The molecule has 0 amide bonds. The maximum Gasteiger partial charge on any atom is 0.314 e. The maximum absolute atomic E-state index is 17.1. The van der Waals surface area contributed by atoms with Gasteiger partial charge in [0.05, 0.1) is 37.9 Å². The van der Waals surface area contributed by atoms with Gasteiger partial charge in [-0.1, -0.05) is 51.0 Å². The van der Waals surface area contributed by atoms with Crippen LogP contribution in [0.15, 0.2) is 47.6 Å². The zero-order chi connectivity index (χ0) is 50.1. The molecule has 0 unspecified atom stereocenters. The van der Waals surface area contributed by atoms with Crippen LogP contribution in [-0.2, 0) is 47.8 Å². The van der Waals surface area contributed by atoms with E-state index in [4.69, 9.17) is 9.84 Å². The lowest BCUT2D eigenvalue weighted by Crippen LogP contribution is -2.66. The fourth-order valence-electron chi connectivity index (χ4n) is 15.6. The van der Waals surface area contributed by atoms with Crippen LogP contribution in [0.3, 0.4) is 0 Å². The average molecular weight is 989 g/mol. The number of allylic oxidation sites excluding steroid dienone is 8. The van der Waals surface area contributed by atoms with Gasteiger partial charge in [0.25, 0.3) is 0 Å². The minimum Gasteiger partial charge on any atom is -0.481 e. The number of esters is 3. The number of aliphatic hydroxyl groups is 3. The highest BCUT2D eigenvalue weighted by molar-refractivity contribution is 6.02. The highest BCUT2D eigenvalue weighted by Crippen LogP contribution is 2.71. The van der Waals surface area contributed by atoms with E-state index in [1.165, 1.54) is 24.3 Å². The van der Waals surface area contributed by atoms with Crippen LogP contribution >= 0.6 is 0 Å². The smallest absolute Gasteiger partial charge is 0.314 e. The van der Waals surface area contributed by atoms with Gasteiger partial charge in [0.15, 0.2) is 34.5 Å². The Labute approximate surface area is 406 Å². The van der Waals surface area contributed by atoms with Gasteiger partial charge in [-0.25, -0.2) is 8.78 Å². The second-order valence-electron chi connectivity index (χ2n) is 22.1. The fourth-order valence-corrected chi connectivity index (χ4v) is 15.6. The van der Waals surface area contributed by atoms with Gasteiger partial charge >= 0.3 is 23.9 Å². The topological polar surface area (TPSA) is 299 Å². The number of carbonyl (C=O) groups is 8. The molecule has 16 atom stereocenters. The van der Waals surface area contributed by atoms with E-state index in [9.17, 15) is 53.7 Å². The van der Waals surface area contributed by atoms with Crippen molar-refractivity contribution in [1.29, 1.82) is 0 Å². The number of rotatable bonds is 8. The third-order valence-corrected chi connectivity index (χ3v) is 18.5. The van der Waals surface area contributed by atoms with Crippen molar-refractivity contribution in [1.82, 2.24) is 0 Å². The predicted molar refractivity (Wildman–Crippen MR) is 245 cm³/mol. The summed E-state index contributed by atoms with van der Waals surface area (Å²) in [6.45, 7) is 10.5. The molecule has 1 aliphatic heterocycles. The van der Waals surface area contributed by atoms with Crippen molar-refractivity contribution in [2.75, 3.05) is 13.2 Å². The number of carboxylic acids is 1. The Morgan fingerprint density at radius 1 is 0.671 bits per heavy atom. The van der Waals surface area contributed by atoms with Crippen molar-refractivity contribution >= 4 is 47.0 Å². The number of ketones is 4. The number of ether oxygens (including phenoxy) is 2. The van der Waals surface area contributed by atoms with Crippen LogP contribution in [-0.4, -0.2) is 115 Å². The summed E-state index contributed by atoms with van der Waals surface area (Å²) in [5.41, 5.74) is -5.55. The van der Waals surface area contributed by atoms with Crippen LogP contribution in [0, 0.1) is 69.0 Å². The summed E-state index contributed by atoms with van der Waals surface area (Å²) >= 11 is 0. The van der Waals surface area contributed by atoms with Gasteiger partial charge in [-0.3, -0.25) is 38.4 Å². The van der Waals surface area contributed by atoms with Crippen molar-refractivity contribution in [2.24, 2.45) is 69.0 Å². The van der Waals surface area contributed by atoms with E-state index in [0.717, 1.165) is 12.0 Å². The third-order valence-electron chi connectivity index (χ3n) is 18.5. The average Bonchev–Trinajstić information content (AvgIpc) is 3.87. The van der Waals surface area contributed by atoms with E-state index in [1.807, 2.05) is 27.7 Å². The molecule has 6 saturated carbocycles. The molecule has 0 spiro atoms. The number of Topliss-reactive ketones (excluding diaryl/α,β-unsaturated/α-hetero) is 2. The molecule has 0 aromatic heterocycles. The summed E-state index contributed by atoms with van der Waals surface area (Å²) in [6.07, 6.45) is 10.4. The number of cyclic esters (lactones) is 2. The Morgan fingerprint density at radius 3 is 1.46 bits per heavy atom. The van der Waals surface area contributed by atoms with Crippen LogP contribution in [0.4, 0.5) is 8.78 Å². The molecule has 8 N–H and O–H groups in total. The fraction of sp³-hybridized carbons (Fsp3) is 0.692. The van der Waals surface area contributed by atoms with Crippen LogP contribution in [0.1, 0.15) is 119 Å². The Morgan fingerprint density at radius 2 is 1.09 bits per heavy atom. The first-order chi connectivity index (χ1) is 31.7. The summed E-state index contributed by atoms with van der Waals surface area (Å²) in [5.74, 6) is -5.30. The van der Waals surface area contributed by atoms with Gasteiger partial charge < -0.3 is 40.9 Å². The number of hydrogen-bond acceptors (Lipinski definition) is 13. The summed E-state index contributed by atoms with van der Waals surface area (Å²) in [7, 11) is 0. The number of aliphatic hydroxyl groups excluding tert-OH is 3. The van der Waals surface area contributed by atoms with Gasteiger partial charge in [0.2, 0.25) is 0 Å². The lowest BCUT2D eigenvalue weighted by atomic mass is 9.45. The largest absolute Gasteiger partial charge is 0.481 e. The van der Waals surface area contributed by atoms with E-state index in [1.54, 1.807) is 26.0 Å². The van der Waals surface area contributed by atoms with E-state index in [-0.39, 0.29) is 108 Å². The highest BCUT2D eigenvalue weighted by atomic mass is 19.1. The number of alkyl halides is 2. The minimum absolute atomic E-state index is 0. The standard InChI is InChI=1S/C26H33FO7.C22H29FO4.C4H4O3.2H2O/c1-14-10-18-17-5-4-15-11-16(28)8-9-25(15,3)26(17,27)20(30)12-24(18,2)23(14)19(29)13-34-22(33)7-6-21(31)32;1-12-8-16-15-5-4-13-9-14(25)6-7-21(13,3)22(15,23)18(27)10-20(16,2)19(12)17(26)11-24;5-3-1-2-4(6)7-3;;/h8-9,11,14,17-18,20,23,30H,4-7,10,12-13H2,1-3H3,(H,31,32);6-7,9,12,15-16,18-19,24,27H,4-5,8,10-11H2,1-3H3;1-2H2;2*1H2/t14-,17+,18+,20+,23-,24+,25+,26+;12-,15+,16+,18+,19-,20+,21+,22+;;;/m11.../s1. The lowest BCUT2D eigenvalue weighted by Gasteiger charge is -2.62. The predicted octanol–water partition coefficient (Wildman–Crippen LogP) is 4.18. The molecule has 388 valence electrons. The van der Waals surface area contributed by atoms with E-state index < -0.39 is 94.1 Å². The molecule has 0 aromatic rings. The molecule has 18 heteroatoms. The second kappa shape index (κ2) is 20.1. The van der Waals surface area contributed by atoms with Crippen molar-refractivity contribution in [3.05, 3.63) is 47.6 Å². The summed E-state index contributed by atoms with van der Waals surface area (Å²) in [5, 5.41) is 40.6. The minimum atomic E-state index is -1.95. The van der Waals surface area contributed by atoms with Crippen LogP contribution in [0.25, 0.3) is 0 Å². The first-order valence-electron chi connectivity index (χ1n) is 24.1. The molecular formula is C52H70F2O16. The number of carbonyl (C=O) groups excluding carboxylic acids is 7. The van der Waals surface area contributed by atoms with Crippen LogP contribution in [0.5, 0.6) is 0 Å². The Kier molecular flexibility index (Phi) is 16.2. The first kappa shape index (κ1) is 56.3. The van der Waals surface area contributed by atoms with Gasteiger partial charge in [-0.15, -0.1) is 0 Å². The normalized spacial score (nSPS) is 42.6. The summed E-state index contributed by atoms with van der Waals surface area (Å²) < 4.78 is 43.0. The quantitative estimate of drug-likeness (QED) is 0.196. The SMILES string of the molecule is C[C@@H]1C[C@H]2[C@@H]3CCC4=CC(=O)C=C[C@]4(C)[C@@]3(F)[C@@H](O)C[C@]2(C)[C@H]1C(=O)CO.C[C@@H]1C[C@H]2[C@@H]3CCC4=CC(=O)C=C[C@]4(C)[C@@]3(F)[C@@H](O)C[C@]2(C)[C@H]1C(=O)COC(=O)CCC(=O)O.O.O.O=C1CCC(=O)O1. The van der Waals surface area contributed by atoms with E-state index >= 15 is 8.78 Å². The molecule has 9 rings (SSSR count). The Hall–Kier alpha value is -4.62. The summed E-state index contributed by atoms with van der Waals surface area (Å²) in [6, 6.07) is 0. The molecule has 7 fully saturated rings. The lowest BCUT2D eigenvalue weighted by molar-refractivity contribution is -0.196. The van der Waals surface area contributed by atoms with E-state index in [2.05, 4.69) is 4.74 Å². The number of fused-ring (bicyclic) bond motifs is 10. The van der Waals surface area contributed by atoms with Crippen molar-refractivity contribution in [3.8, 4) is 0 Å². The van der Waals surface area contributed by atoms with Gasteiger partial charge in [-0.2, -0.15) is 0 Å². The number of halogens is 2. The molecule has 0 aromatic carbocycles. The van der Waals surface area contributed by atoms with Crippen molar-refractivity contribution in [2.45, 2.75) is 142 Å². The van der Waals surface area contributed by atoms with Crippen LogP contribution in [0.2, 0.25) is 0 Å². The Balaban J connectivity index is 0.000000227.